The van der Waals surface area contributed by atoms with E-state index < -0.39 is 11.8 Å². The summed E-state index contributed by atoms with van der Waals surface area (Å²) in [5.74, 6) is -1.42. The Morgan fingerprint density at radius 1 is 1.23 bits per heavy atom. The molecule has 1 rings (SSSR count). The first kappa shape index (κ1) is 22.8. The highest BCUT2D eigenvalue weighted by atomic mass is 19.1. The van der Waals surface area contributed by atoms with Crippen LogP contribution in [0.2, 0.25) is 0 Å². The Morgan fingerprint density at radius 2 is 2.00 bits per heavy atom. The standard InChI is InChI=1S/C21H35FO4/c1-2-3-5-8-16(15-23)11-12-17-13-14-20(24)18(17)9-6-4-7-10-19(22)21(25)26/h10,16-18,23H,2-9,11-15H2,1H3,(H,25,26)/t16?,17-,18+/m0/s1. The summed E-state index contributed by atoms with van der Waals surface area (Å²) in [6, 6.07) is 0. The van der Waals surface area contributed by atoms with Gasteiger partial charge in [0.1, 0.15) is 5.78 Å². The number of halogens is 1. The summed E-state index contributed by atoms with van der Waals surface area (Å²) in [5.41, 5.74) is 0. The highest BCUT2D eigenvalue weighted by Crippen LogP contribution is 2.37. The second kappa shape index (κ2) is 13.0. The molecular formula is C21H35FO4. The number of Topliss-reactive ketones (excluding diaryl/α,β-unsaturated/α-hetero) is 1. The number of carbonyl (C=O) groups is 2. The van der Waals surface area contributed by atoms with Gasteiger partial charge in [-0.1, -0.05) is 32.6 Å². The van der Waals surface area contributed by atoms with Gasteiger partial charge in [-0.2, -0.15) is 4.39 Å². The van der Waals surface area contributed by atoms with E-state index in [0.717, 1.165) is 51.0 Å². The van der Waals surface area contributed by atoms with Crippen molar-refractivity contribution in [3.8, 4) is 0 Å². The molecule has 26 heavy (non-hydrogen) atoms. The monoisotopic (exact) mass is 370 g/mol. The largest absolute Gasteiger partial charge is 0.476 e. The van der Waals surface area contributed by atoms with Crippen LogP contribution in [0.4, 0.5) is 4.39 Å². The van der Waals surface area contributed by atoms with Gasteiger partial charge < -0.3 is 10.2 Å². The van der Waals surface area contributed by atoms with Crippen LogP contribution >= 0.6 is 0 Å². The van der Waals surface area contributed by atoms with Gasteiger partial charge in [0.05, 0.1) is 0 Å². The number of carboxylic acids is 1. The molecule has 0 saturated heterocycles. The van der Waals surface area contributed by atoms with Crippen LogP contribution in [-0.2, 0) is 9.59 Å². The van der Waals surface area contributed by atoms with Gasteiger partial charge in [-0.25, -0.2) is 4.79 Å². The summed E-state index contributed by atoms with van der Waals surface area (Å²) in [6.07, 6.45) is 12.0. The SMILES string of the molecule is CCCCCC(CO)CC[C@H]1CCC(=O)[C@@H]1CCCCC=C(F)C(=O)O. The molecule has 2 N–H and O–H groups in total. The van der Waals surface area contributed by atoms with Crippen molar-refractivity contribution in [2.45, 2.75) is 84.0 Å². The van der Waals surface area contributed by atoms with Crippen LogP contribution in [0, 0.1) is 17.8 Å². The number of unbranched alkanes of at least 4 members (excludes halogenated alkanes) is 4. The van der Waals surface area contributed by atoms with E-state index in [0.29, 0.717) is 36.9 Å². The highest BCUT2D eigenvalue weighted by Gasteiger charge is 2.33. The van der Waals surface area contributed by atoms with Gasteiger partial charge in [0.15, 0.2) is 0 Å². The van der Waals surface area contributed by atoms with Crippen molar-refractivity contribution in [2.24, 2.45) is 17.8 Å². The molecule has 1 fully saturated rings. The number of hydrogen-bond donors (Lipinski definition) is 2. The molecule has 0 bridgehead atoms. The third-order valence-electron chi connectivity index (χ3n) is 5.66. The minimum Gasteiger partial charge on any atom is -0.476 e. The zero-order chi connectivity index (χ0) is 19.4. The second-order valence-corrected chi connectivity index (χ2v) is 7.63. The summed E-state index contributed by atoms with van der Waals surface area (Å²) < 4.78 is 12.9. The number of ketones is 1. The Kier molecular flexibility index (Phi) is 11.4. The molecule has 0 heterocycles. The molecule has 0 spiro atoms. The fraction of sp³-hybridized carbons (Fsp3) is 0.810. The van der Waals surface area contributed by atoms with Gasteiger partial charge in [-0.15, -0.1) is 0 Å². The Morgan fingerprint density at radius 3 is 2.65 bits per heavy atom. The summed E-state index contributed by atoms with van der Waals surface area (Å²) in [4.78, 5) is 22.6. The second-order valence-electron chi connectivity index (χ2n) is 7.63. The summed E-state index contributed by atoms with van der Waals surface area (Å²) in [5, 5.41) is 18.0. The molecular weight excluding hydrogens is 335 g/mol. The minimum atomic E-state index is -1.52. The zero-order valence-electron chi connectivity index (χ0n) is 16.1. The third-order valence-corrected chi connectivity index (χ3v) is 5.66. The normalized spacial score (nSPS) is 22.0. The lowest BCUT2D eigenvalue weighted by Gasteiger charge is -2.21. The average Bonchev–Trinajstić information content (AvgIpc) is 2.97. The van der Waals surface area contributed by atoms with Crippen molar-refractivity contribution in [1.82, 2.24) is 0 Å². The van der Waals surface area contributed by atoms with Gasteiger partial charge in [0.25, 0.3) is 0 Å². The smallest absolute Gasteiger partial charge is 0.364 e. The van der Waals surface area contributed by atoms with Gasteiger partial charge >= 0.3 is 5.97 Å². The molecule has 0 aromatic carbocycles. The first-order chi connectivity index (χ1) is 12.5. The van der Waals surface area contributed by atoms with Crippen LogP contribution < -0.4 is 0 Å². The Balaban J connectivity index is 2.33. The molecule has 1 aliphatic carbocycles. The average molecular weight is 371 g/mol. The maximum Gasteiger partial charge on any atom is 0.364 e. The van der Waals surface area contributed by atoms with E-state index in [1.54, 1.807) is 0 Å². The van der Waals surface area contributed by atoms with E-state index in [4.69, 9.17) is 5.11 Å². The summed E-state index contributed by atoms with van der Waals surface area (Å²) in [7, 11) is 0. The minimum absolute atomic E-state index is 0.0956. The molecule has 1 saturated carbocycles. The topological polar surface area (TPSA) is 74.6 Å². The lowest BCUT2D eigenvalue weighted by molar-refractivity contribution is -0.134. The molecule has 1 unspecified atom stereocenters. The molecule has 0 aromatic rings. The van der Waals surface area contributed by atoms with Crippen LogP contribution in [0.5, 0.6) is 0 Å². The molecule has 5 heteroatoms. The third kappa shape index (κ3) is 8.43. The van der Waals surface area contributed by atoms with Gasteiger partial charge in [-0.3, -0.25) is 4.79 Å². The molecule has 4 nitrogen and oxygen atoms in total. The fourth-order valence-electron chi connectivity index (χ4n) is 4.00. The Bertz CT molecular complexity index is 461. The molecule has 0 amide bonds. The van der Waals surface area contributed by atoms with E-state index >= 15 is 0 Å². The summed E-state index contributed by atoms with van der Waals surface area (Å²) >= 11 is 0. The summed E-state index contributed by atoms with van der Waals surface area (Å²) in [6.45, 7) is 2.41. The number of rotatable bonds is 14. The molecule has 1 aliphatic rings. The van der Waals surface area contributed by atoms with Crippen molar-refractivity contribution in [2.75, 3.05) is 6.61 Å². The van der Waals surface area contributed by atoms with Crippen molar-refractivity contribution in [3.63, 3.8) is 0 Å². The van der Waals surface area contributed by atoms with E-state index in [1.165, 1.54) is 12.8 Å². The van der Waals surface area contributed by atoms with Gasteiger partial charge in [-0.05, 0) is 62.9 Å². The van der Waals surface area contributed by atoms with Crippen LogP contribution in [0.1, 0.15) is 84.0 Å². The van der Waals surface area contributed by atoms with Gasteiger partial charge in [0.2, 0.25) is 5.83 Å². The van der Waals surface area contributed by atoms with Gasteiger partial charge in [0, 0.05) is 18.9 Å². The molecule has 0 aliphatic heterocycles. The number of allylic oxidation sites excluding steroid dienone is 1. The Hall–Kier alpha value is -1.23. The van der Waals surface area contributed by atoms with Crippen molar-refractivity contribution < 1.29 is 24.2 Å². The maximum absolute atomic E-state index is 12.9. The van der Waals surface area contributed by atoms with E-state index in [1.807, 2.05) is 0 Å². The maximum atomic E-state index is 12.9. The number of hydrogen-bond acceptors (Lipinski definition) is 3. The first-order valence-corrected chi connectivity index (χ1v) is 10.2. The predicted octanol–water partition coefficient (Wildman–Crippen LogP) is 5.05. The zero-order valence-corrected chi connectivity index (χ0v) is 16.1. The number of carboxylic acid groups (broad SMARTS) is 1. The predicted molar refractivity (Wildman–Crippen MR) is 100 cm³/mol. The number of aliphatic hydroxyl groups is 1. The number of aliphatic carboxylic acids is 1. The van der Waals surface area contributed by atoms with Crippen molar-refractivity contribution >= 4 is 11.8 Å². The van der Waals surface area contributed by atoms with E-state index in [9.17, 15) is 19.1 Å². The molecule has 0 aromatic heterocycles. The van der Waals surface area contributed by atoms with E-state index in [2.05, 4.69) is 6.92 Å². The van der Waals surface area contributed by atoms with Crippen molar-refractivity contribution in [1.29, 1.82) is 0 Å². The van der Waals surface area contributed by atoms with Crippen LogP contribution in [0.15, 0.2) is 11.9 Å². The highest BCUT2D eigenvalue weighted by molar-refractivity contribution is 5.84. The van der Waals surface area contributed by atoms with Crippen molar-refractivity contribution in [3.05, 3.63) is 11.9 Å². The lowest BCUT2D eigenvalue weighted by atomic mass is 9.84. The van der Waals surface area contributed by atoms with Crippen LogP contribution in [-0.4, -0.2) is 28.6 Å². The molecule has 3 atom stereocenters. The van der Waals surface area contributed by atoms with Crippen LogP contribution in [0.3, 0.4) is 0 Å². The molecule has 0 radical (unpaired) electrons. The fourth-order valence-corrected chi connectivity index (χ4v) is 4.00. The Labute approximate surface area is 156 Å². The first-order valence-electron chi connectivity index (χ1n) is 10.2. The quantitative estimate of drug-likeness (QED) is 0.331. The number of aliphatic hydroxyl groups excluding tert-OH is 1. The molecule has 150 valence electrons. The van der Waals surface area contributed by atoms with Crippen LogP contribution in [0.25, 0.3) is 0 Å². The van der Waals surface area contributed by atoms with E-state index in [-0.39, 0.29) is 12.5 Å². The number of carbonyl (C=O) groups excluding carboxylic acids is 1. The lowest BCUT2D eigenvalue weighted by Crippen LogP contribution is -2.17.